The molecule has 0 aliphatic heterocycles. The van der Waals surface area contributed by atoms with E-state index in [1.54, 1.807) is 19.9 Å². The van der Waals surface area contributed by atoms with E-state index in [2.05, 4.69) is 10.1 Å². The highest BCUT2D eigenvalue weighted by Gasteiger charge is 2.29. The van der Waals surface area contributed by atoms with E-state index in [0.717, 1.165) is 10.6 Å². The van der Waals surface area contributed by atoms with E-state index >= 15 is 0 Å². The second-order valence-electron chi connectivity index (χ2n) is 5.54. The summed E-state index contributed by atoms with van der Waals surface area (Å²) in [4.78, 5) is 4.62. The highest BCUT2D eigenvalue weighted by Crippen LogP contribution is 2.31. The zero-order valence-electron chi connectivity index (χ0n) is 13.9. The molecule has 9 heteroatoms. The standard InChI is InChI=1S/C16H16ClN3O3S2/c1-10-15(11(2)23-19-10)25(21,22)20(3)8-12-9-24-16(18-12)13-6-4-5-7-14(13)17/h4-7,9H,8H2,1-3H3. The summed E-state index contributed by atoms with van der Waals surface area (Å²) in [6.45, 7) is 3.34. The molecule has 6 nitrogen and oxygen atoms in total. The number of rotatable bonds is 5. The van der Waals surface area contributed by atoms with Crippen LogP contribution in [0.2, 0.25) is 5.02 Å². The zero-order valence-corrected chi connectivity index (χ0v) is 16.2. The van der Waals surface area contributed by atoms with Gasteiger partial charge in [0.15, 0.2) is 5.76 Å². The van der Waals surface area contributed by atoms with Gasteiger partial charge in [-0.15, -0.1) is 11.3 Å². The Balaban J connectivity index is 1.85. The van der Waals surface area contributed by atoms with Crippen LogP contribution in [0.5, 0.6) is 0 Å². The topological polar surface area (TPSA) is 76.3 Å². The minimum absolute atomic E-state index is 0.108. The number of aromatic nitrogens is 2. The van der Waals surface area contributed by atoms with Crippen molar-refractivity contribution in [3.05, 3.63) is 51.8 Å². The summed E-state index contributed by atoms with van der Waals surface area (Å²) in [5.74, 6) is 0.277. The molecule has 0 fully saturated rings. The number of hydrogen-bond donors (Lipinski definition) is 0. The van der Waals surface area contributed by atoms with E-state index in [-0.39, 0.29) is 17.2 Å². The number of sulfonamides is 1. The molecule has 0 unspecified atom stereocenters. The smallest absolute Gasteiger partial charge is 0.248 e. The fourth-order valence-corrected chi connectivity index (χ4v) is 5.01. The number of thiazole rings is 1. The van der Waals surface area contributed by atoms with E-state index in [9.17, 15) is 8.42 Å². The quantitative estimate of drug-likeness (QED) is 0.652. The number of benzene rings is 1. The summed E-state index contributed by atoms with van der Waals surface area (Å²) in [5.41, 5.74) is 1.83. The first-order valence-electron chi connectivity index (χ1n) is 7.39. The Morgan fingerprint density at radius 3 is 2.64 bits per heavy atom. The molecule has 0 amide bonds. The van der Waals surface area contributed by atoms with Crippen molar-refractivity contribution in [2.45, 2.75) is 25.3 Å². The monoisotopic (exact) mass is 397 g/mol. The van der Waals surface area contributed by atoms with Gasteiger partial charge in [0.05, 0.1) is 17.3 Å². The van der Waals surface area contributed by atoms with E-state index in [0.29, 0.717) is 16.4 Å². The van der Waals surface area contributed by atoms with Gasteiger partial charge in [0.25, 0.3) is 0 Å². The molecule has 0 atom stereocenters. The van der Waals surface area contributed by atoms with Crippen LogP contribution >= 0.6 is 22.9 Å². The van der Waals surface area contributed by atoms with Crippen molar-refractivity contribution in [3.8, 4) is 10.6 Å². The van der Waals surface area contributed by atoms with E-state index in [4.69, 9.17) is 16.1 Å². The first-order chi connectivity index (χ1) is 11.8. The molecule has 3 rings (SSSR count). The van der Waals surface area contributed by atoms with Crippen molar-refractivity contribution in [2.75, 3.05) is 7.05 Å². The highest BCUT2D eigenvalue weighted by atomic mass is 35.5. The second-order valence-corrected chi connectivity index (χ2v) is 8.79. The minimum atomic E-state index is -3.70. The number of halogens is 1. The van der Waals surface area contributed by atoms with Gasteiger partial charge in [-0.25, -0.2) is 13.4 Å². The van der Waals surface area contributed by atoms with Gasteiger partial charge in [-0.2, -0.15) is 4.31 Å². The first-order valence-corrected chi connectivity index (χ1v) is 10.1. The molecule has 3 aromatic rings. The van der Waals surface area contributed by atoms with Gasteiger partial charge < -0.3 is 4.52 Å². The molecule has 0 saturated heterocycles. The maximum absolute atomic E-state index is 12.8. The predicted octanol–water partition coefficient (Wildman–Crippen LogP) is 3.89. The molecule has 0 spiro atoms. The lowest BCUT2D eigenvalue weighted by Gasteiger charge is -2.15. The first kappa shape index (κ1) is 18.1. The fourth-order valence-electron chi connectivity index (χ4n) is 2.45. The molecule has 0 aliphatic carbocycles. The van der Waals surface area contributed by atoms with E-state index < -0.39 is 10.0 Å². The van der Waals surface area contributed by atoms with Crippen LogP contribution in [0.15, 0.2) is 39.1 Å². The SMILES string of the molecule is Cc1noc(C)c1S(=O)(=O)N(C)Cc1csc(-c2ccccc2Cl)n1. The number of aryl methyl sites for hydroxylation is 2. The van der Waals surface area contributed by atoms with Gasteiger partial charge in [-0.1, -0.05) is 35.0 Å². The van der Waals surface area contributed by atoms with Crippen LogP contribution < -0.4 is 0 Å². The van der Waals surface area contributed by atoms with Crippen molar-refractivity contribution >= 4 is 33.0 Å². The van der Waals surface area contributed by atoms with Gasteiger partial charge in [-0.05, 0) is 19.9 Å². The van der Waals surface area contributed by atoms with Crippen LogP contribution in [0, 0.1) is 13.8 Å². The molecule has 0 radical (unpaired) electrons. The van der Waals surface area contributed by atoms with Crippen LogP contribution in [0.25, 0.3) is 10.6 Å². The summed E-state index contributed by atoms with van der Waals surface area (Å²) in [7, 11) is -2.19. The molecule has 0 saturated carbocycles. The van der Waals surface area contributed by atoms with E-state index in [1.165, 1.54) is 22.7 Å². The Morgan fingerprint density at radius 1 is 1.28 bits per heavy atom. The maximum Gasteiger partial charge on any atom is 0.248 e. The lowest BCUT2D eigenvalue weighted by atomic mass is 10.2. The third-order valence-corrected chi connectivity index (χ3v) is 6.98. The lowest BCUT2D eigenvalue weighted by Crippen LogP contribution is -2.27. The van der Waals surface area contributed by atoms with Crippen molar-refractivity contribution in [1.82, 2.24) is 14.4 Å². The molecule has 2 heterocycles. The van der Waals surface area contributed by atoms with Crippen LogP contribution in [-0.2, 0) is 16.6 Å². The molecular formula is C16H16ClN3O3S2. The summed E-state index contributed by atoms with van der Waals surface area (Å²) in [6.07, 6.45) is 0. The average Bonchev–Trinajstić information content (AvgIpc) is 3.14. The van der Waals surface area contributed by atoms with Gasteiger partial charge in [-0.3, -0.25) is 0 Å². The summed E-state index contributed by atoms with van der Waals surface area (Å²) < 4.78 is 31.7. The van der Waals surface area contributed by atoms with Gasteiger partial charge in [0.2, 0.25) is 10.0 Å². The molecular weight excluding hydrogens is 382 g/mol. The molecule has 0 bridgehead atoms. The highest BCUT2D eigenvalue weighted by molar-refractivity contribution is 7.89. The number of hydrogen-bond acceptors (Lipinski definition) is 6. The zero-order chi connectivity index (χ0) is 18.2. The Labute approximate surface area is 155 Å². The Kier molecular flexibility index (Phi) is 4.97. The largest absolute Gasteiger partial charge is 0.360 e. The third-order valence-electron chi connectivity index (χ3n) is 3.68. The number of nitrogens with zero attached hydrogens (tertiary/aromatic N) is 3. The van der Waals surface area contributed by atoms with Crippen molar-refractivity contribution < 1.29 is 12.9 Å². The van der Waals surface area contributed by atoms with Crippen LogP contribution in [0.4, 0.5) is 0 Å². The van der Waals surface area contributed by atoms with Gasteiger partial charge in [0.1, 0.15) is 15.6 Å². The normalized spacial score (nSPS) is 12.0. The molecule has 0 N–H and O–H groups in total. The van der Waals surface area contributed by atoms with Crippen molar-refractivity contribution in [2.24, 2.45) is 0 Å². The summed E-state index contributed by atoms with van der Waals surface area (Å²) in [5, 5.41) is 6.91. The van der Waals surface area contributed by atoms with Gasteiger partial charge >= 0.3 is 0 Å². The van der Waals surface area contributed by atoms with Crippen LogP contribution in [0.1, 0.15) is 17.1 Å². The summed E-state index contributed by atoms with van der Waals surface area (Å²) in [6, 6.07) is 7.42. The minimum Gasteiger partial charge on any atom is -0.360 e. The van der Waals surface area contributed by atoms with Gasteiger partial charge in [0, 0.05) is 18.0 Å². The molecule has 132 valence electrons. The molecule has 1 aromatic carbocycles. The Bertz CT molecular complexity index is 992. The summed E-state index contributed by atoms with van der Waals surface area (Å²) >= 11 is 7.62. The third kappa shape index (κ3) is 3.48. The van der Waals surface area contributed by atoms with Crippen molar-refractivity contribution in [3.63, 3.8) is 0 Å². The molecule has 25 heavy (non-hydrogen) atoms. The fraction of sp³-hybridized carbons (Fsp3) is 0.250. The van der Waals surface area contributed by atoms with Crippen molar-refractivity contribution in [1.29, 1.82) is 0 Å². The molecule has 2 aromatic heterocycles. The van der Waals surface area contributed by atoms with E-state index in [1.807, 2.05) is 23.6 Å². The Morgan fingerprint density at radius 2 is 2.00 bits per heavy atom. The second kappa shape index (κ2) is 6.87. The Hall–Kier alpha value is -1.74. The predicted molar refractivity (Wildman–Crippen MR) is 97.2 cm³/mol. The molecule has 0 aliphatic rings. The lowest BCUT2D eigenvalue weighted by molar-refractivity contribution is 0.389. The average molecular weight is 398 g/mol. The maximum atomic E-state index is 12.8. The van der Waals surface area contributed by atoms with Crippen LogP contribution in [0.3, 0.4) is 0 Å². The van der Waals surface area contributed by atoms with Crippen LogP contribution in [-0.4, -0.2) is 29.9 Å².